The Morgan fingerprint density at radius 3 is 2.44 bits per heavy atom. The van der Waals surface area contributed by atoms with Gasteiger partial charge < -0.3 is 15.1 Å². The van der Waals surface area contributed by atoms with E-state index >= 15 is 0 Å². The van der Waals surface area contributed by atoms with Gasteiger partial charge in [0.1, 0.15) is 10.7 Å². The fourth-order valence-electron chi connectivity index (χ4n) is 3.61. The van der Waals surface area contributed by atoms with E-state index in [1.807, 2.05) is 0 Å². The first-order chi connectivity index (χ1) is 17.3. The van der Waals surface area contributed by atoms with E-state index in [1.165, 1.54) is 36.6 Å². The number of nitrogens with zero attached hydrogens (tertiary/aromatic N) is 1. The zero-order chi connectivity index (χ0) is 25.3. The molecule has 0 bridgehead atoms. The third-order valence-electron chi connectivity index (χ3n) is 5.41. The first-order valence-electron chi connectivity index (χ1n) is 10.6. The van der Waals surface area contributed by atoms with Crippen LogP contribution >= 0.6 is 11.3 Å². The average Bonchev–Trinajstić information content (AvgIpc) is 3.57. The van der Waals surface area contributed by atoms with Crippen molar-refractivity contribution >= 4 is 50.1 Å². The molecule has 0 unspecified atom stereocenters. The molecule has 0 atom stereocenters. The average molecular weight is 524 g/mol. The molecule has 4 aromatic rings. The van der Waals surface area contributed by atoms with Crippen molar-refractivity contribution in [2.45, 2.75) is 6.54 Å². The van der Waals surface area contributed by atoms with Crippen LogP contribution in [0.5, 0.6) is 0 Å². The van der Waals surface area contributed by atoms with Gasteiger partial charge in [0.05, 0.1) is 18.5 Å². The summed E-state index contributed by atoms with van der Waals surface area (Å²) in [4.78, 5) is 25.0. The van der Waals surface area contributed by atoms with Gasteiger partial charge in [-0.15, -0.1) is 11.3 Å². The van der Waals surface area contributed by atoms with Crippen LogP contribution in [-0.2, 0) is 16.6 Å². The quantitative estimate of drug-likeness (QED) is 0.336. The maximum absolute atomic E-state index is 13.4. The molecule has 1 aliphatic heterocycles. The minimum absolute atomic E-state index is 0.0545. The molecule has 0 spiro atoms. The van der Waals surface area contributed by atoms with Gasteiger partial charge in [-0.1, -0.05) is 12.1 Å². The second-order valence-corrected chi connectivity index (χ2v) is 10.5. The fourth-order valence-corrected chi connectivity index (χ4v) is 6.09. The number of benzene rings is 2. The van der Waals surface area contributed by atoms with Gasteiger partial charge in [-0.05, 0) is 65.5 Å². The van der Waals surface area contributed by atoms with Crippen LogP contribution in [0.15, 0.2) is 93.9 Å². The van der Waals surface area contributed by atoms with Crippen molar-refractivity contribution in [3.63, 3.8) is 0 Å². The lowest BCUT2D eigenvalue weighted by Crippen LogP contribution is -2.38. The normalized spacial score (nSPS) is 15.5. The third-order valence-corrected chi connectivity index (χ3v) is 8.08. The number of furan rings is 1. The lowest BCUT2D eigenvalue weighted by atomic mass is 10.2. The number of fused-ring (bicyclic) bond motifs is 1. The van der Waals surface area contributed by atoms with Gasteiger partial charge in [0.2, 0.25) is 5.78 Å². The van der Waals surface area contributed by atoms with Crippen LogP contribution in [0.2, 0.25) is 0 Å². The Morgan fingerprint density at radius 2 is 1.75 bits per heavy atom. The minimum atomic E-state index is -4.20. The molecule has 3 heterocycles. The van der Waals surface area contributed by atoms with E-state index in [1.54, 1.807) is 41.8 Å². The Hall–Kier alpha value is -4.22. The minimum Gasteiger partial charge on any atom is -0.459 e. The highest BCUT2D eigenvalue weighted by molar-refractivity contribution is 7.97. The van der Waals surface area contributed by atoms with Crippen LogP contribution in [0.1, 0.15) is 25.8 Å². The summed E-state index contributed by atoms with van der Waals surface area (Å²) >= 11 is 1.15. The van der Waals surface area contributed by atoms with Gasteiger partial charge in [-0.3, -0.25) is 13.9 Å². The van der Waals surface area contributed by atoms with E-state index in [9.17, 15) is 22.4 Å². The molecule has 2 N–H and O–H groups in total. The molecule has 182 valence electrons. The number of hydrogen-bond acceptors (Lipinski definition) is 7. The van der Waals surface area contributed by atoms with Crippen LogP contribution in [-0.4, -0.2) is 20.1 Å². The Bertz CT molecular complexity index is 1560. The topological polar surface area (TPSA) is 109 Å². The summed E-state index contributed by atoms with van der Waals surface area (Å²) in [5.41, 5.74) is 1.88. The molecule has 5 rings (SSSR count). The summed E-state index contributed by atoms with van der Waals surface area (Å²) in [6.07, 6.45) is 2.56. The number of thiophene rings is 1. The van der Waals surface area contributed by atoms with Crippen LogP contribution in [0, 0.1) is 5.82 Å². The number of carbonyl (C=O) groups excluding carboxylic acids is 2. The third kappa shape index (κ3) is 4.53. The van der Waals surface area contributed by atoms with Gasteiger partial charge in [0.25, 0.3) is 15.9 Å². The second-order valence-electron chi connectivity index (χ2n) is 7.76. The first-order valence-corrected chi connectivity index (χ1v) is 13.0. The molecule has 8 nitrogen and oxygen atoms in total. The Balaban J connectivity index is 1.38. The van der Waals surface area contributed by atoms with Crippen molar-refractivity contribution in [1.82, 2.24) is 0 Å². The molecular formula is C25H18FN3O5S2. The van der Waals surface area contributed by atoms with Crippen molar-refractivity contribution in [3.05, 3.63) is 111 Å². The summed E-state index contributed by atoms with van der Waals surface area (Å²) in [7, 11) is -4.20. The SMILES string of the molecule is O=C(Nc1ccc(NC=C2C(=O)c3sccc3N(Cc3ccc(F)cc3)S2(=O)=O)cc1)c1ccco1. The predicted octanol–water partition coefficient (Wildman–Crippen LogP) is 5.22. The van der Waals surface area contributed by atoms with Gasteiger partial charge in [-0.2, -0.15) is 0 Å². The number of nitrogens with one attached hydrogen (secondary N) is 2. The molecule has 0 aliphatic carbocycles. The largest absolute Gasteiger partial charge is 0.459 e. The summed E-state index contributed by atoms with van der Waals surface area (Å²) in [6, 6.07) is 16.7. The smallest absolute Gasteiger partial charge is 0.291 e. The molecule has 2 aromatic carbocycles. The van der Waals surface area contributed by atoms with E-state index in [0.29, 0.717) is 27.5 Å². The number of Topliss-reactive ketones (excluding diaryl/α,β-unsaturated/α-hetero) is 1. The lowest BCUT2D eigenvalue weighted by molar-refractivity contribution is 0.0995. The molecule has 1 aliphatic rings. The highest BCUT2D eigenvalue weighted by Crippen LogP contribution is 2.39. The zero-order valence-corrected chi connectivity index (χ0v) is 20.1. The molecule has 11 heteroatoms. The van der Waals surface area contributed by atoms with Crippen LogP contribution in [0.4, 0.5) is 21.5 Å². The van der Waals surface area contributed by atoms with Crippen molar-refractivity contribution in [3.8, 4) is 0 Å². The van der Waals surface area contributed by atoms with Crippen molar-refractivity contribution in [1.29, 1.82) is 0 Å². The summed E-state index contributed by atoms with van der Waals surface area (Å²) in [5.74, 6) is -1.27. The van der Waals surface area contributed by atoms with E-state index in [4.69, 9.17) is 4.42 Å². The number of carbonyl (C=O) groups is 2. The first kappa shape index (κ1) is 23.5. The standard InChI is InChI=1S/C25H18FN3O5S2/c26-17-5-3-16(4-6-17)15-29-20-11-13-35-24(20)23(30)22(36(29,32)33)14-27-18-7-9-19(10-8-18)28-25(31)21-2-1-12-34-21/h1-14,27H,15H2,(H,28,31). The number of ketones is 1. The zero-order valence-electron chi connectivity index (χ0n) is 18.5. The summed E-state index contributed by atoms with van der Waals surface area (Å²) in [6.45, 7) is -0.0545. The molecular weight excluding hydrogens is 505 g/mol. The molecule has 1 amide bonds. The summed E-state index contributed by atoms with van der Waals surface area (Å²) in [5, 5.41) is 7.20. The number of amides is 1. The number of allylic oxidation sites excluding steroid dienone is 1. The van der Waals surface area contributed by atoms with Gasteiger partial charge in [0, 0.05) is 17.6 Å². The van der Waals surface area contributed by atoms with Crippen molar-refractivity contribution in [2.24, 2.45) is 0 Å². The van der Waals surface area contributed by atoms with Gasteiger partial charge in [0.15, 0.2) is 10.7 Å². The monoisotopic (exact) mass is 523 g/mol. The van der Waals surface area contributed by atoms with Crippen LogP contribution < -0.4 is 14.9 Å². The summed E-state index contributed by atoms with van der Waals surface area (Å²) < 4.78 is 46.4. The van der Waals surface area contributed by atoms with E-state index in [2.05, 4.69) is 10.6 Å². The molecule has 2 aromatic heterocycles. The Kier molecular flexibility index (Phi) is 6.17. The van der Waals surface area contributed by atoms with Gasteiger partial charge >= 0.3 is 0 Å². The van der Waals surface area contributed by atoms with Crippen molar-refractivity contribution < 1.29 is 26.8 Å². The number of halogens is 1. The molecule has 0 radical (unpaired) electrons. The van der Waals surface area contributed by atoms with Crippen LogP contribution in [0.3, 0.4) is 0 Å². The second kappa shape index (κ2) is 9.44. The van der Waals surface area contributed by atoms with E-state index in [0.717, 1.165) is 21.8 Å². The Morgan fingerprint density at radius 1 is 1.03 bits per heavy atom. The lowest BCUT2D eigenvalue weighted by Gasteiger charge is -2.29. The molecule has 0 fully saturated rings. The predicted molar refractivity (Wildman–Crippen MR) is 135 cm³/mol. The highest BCUT2D eigenvalue weighted by Gasteiger charge is 2.41. The molecule has 0 saturated carbocycles. The highest BCUT2D eigenvalue weighted by atomic mass is 32.2. The number of hydrogen-bond donors (Lipinski definition) is 2. The maximum Gasteiger partial charge on any atom is 0.291 e. The van der Waals surface area contributed by atoms with E-state index < -0.39 is 32.4 Å². The fraction of sp³-hybridized carbons (Fsp3) is 0.0400. The van der Waals surface area contributed by atoms with E-state index in [-0.39, 0.29) is 12.3 Å². The van der Waals surface area contributed by atoms with Crippen LogP contribution in [0.25, 0.3) is 0 Å². The number of rotatable bonds is 6. The number of sulfonamides is 1. The van der Waals surface area contributed by atoms with Crippen molar-refractivity contribution in [2.75, 3.05) is 14.9 Å². The maximum atomic E-state index is 13.4. The molecule has 0 saturated heterocycles. The van der Waals surface area contributed by atoms with Gasteiger partial charge in [-0.25, -0.2) is 12.8 Å². The Labute approximate surface area is 209 Å². The number of anilines is 3. The molecule has 36 heavy (non-hydrogen) atoms.